The first-order valence-corrected chi connectivity index (χ1v) is 13.5. The zero-order chi connectivity index (χ0) is 29.4. The van der Waals surface area contributed by atoms with Crippen LogP contribution in [0.1, 0.15) is 66.7 Å². The largest absolute Gasteiger partial charge is 0.444 e. The number of nitrogens with two attached hydrogens (primary N) is 1. The average molecular weight is 550 g/mol. The van der Waals surface area contributed by atoms with Gasteiger partial charge in [-0.25, -0.2) is 14.8 Å². The molecule has 3 N–H and O–H groups in total. The Bertz CT molecular complexity index is 1450. The highest BCUT2D eigenvalue weighted by Gasteiger charge is 2.31. The van der Waals surface area contributed by atoms with Crippen molar-refractivity contribution in [3.05, 3.63) is 46.9 Å². The van der Waals surface area contributed by atoms with Crippen molar-refractivity contribution in [3.63, 3.8) is 0 Å². The molecule has 0 spiro atoms. The number of rotatable bonds is 5. The van der Waals surface area contributed by atoms with Crippen molar-refractivity contribution in [2.24, 2.45) is 0 Å². The number of nitrogens with one attached hydrogen (secondary N) is 1. The van der Waals surface area contributed by atoms with Crippen LogP contribution >= 0.6 is 0 Å². The van der Waals surface area contributed by atoms with E-state index in [0.717, 1.165) is 29.5 Å². The lowest BCUT2D eigenvalue weighted by atomic mass is 9.98. The minimum Gasteiger partial charge on any atom is -0.444 e. The van der Waals surface area contributed by atoms with Gasteiger partial charge in [-0.2, -0.15) is 0 Å². The lowest BCUT2D eigenvalue weighted by molar-refractivity contribution is -0.127. The maximum Gasteiger partial charge on any atom is 0.410 e. The van der Waals surface area contributed by atoms with E-state index >= 15 is 0 Å². The van der Waals surface area contributed by atoms with Gasteiger partial charge in [0.25, 0.3) is 5.91 Å². The summed E-state index contributed by atoms with van der Waals surface area (Å²) in [5.41, 5.74) is 9.95. The van der Waals surface area contributed by atoms with Crippen LogP contribution in [0.4, 0.5) is 16.3 Å². The van der Waals surface area contributed by atoms with E-state index in [-0.39, 0.29) is 36.2 Å². The summed E-state index contributed by atoms with van der Waals surface area (Å²) >= 11 is 0. The van der Waals surface area contributed by atoms with E-state index in [9.17, 15) is 14.4 Å². The van der Waals surface area contributed by atoms with Gasteiger partial charge in [0.1, 0.15) is 23.4 Å². The van der Waals surface area contributed by atoms with E-state index in [0.29, 0.717) is 35.4 Å². The molecule has 0 radical (unpaired) electrons. The van der Waals surface area contributed by atoms with E-state index in [1.54, 1.807) is 30.1 Å². The highest BCUT2D eigenvalue weighted by Crippen LogP contribution is 2.32. The number of likely N-dealkylation sites (N-methyl/N-ethyl adjacent to an activating group) is 1. The standard InChI is InChI=1S/C29H39N7O4/c1-17-18(2)22(11-10-19(17)13-23(37)34(6)7)33-27(38)21-15-36(26-24(21)25(30)31-16-32-26)20-9-8-12-35(14-20)28(39)40-29(3,4)5/h10-11,15-16,20H,8-9,12-14H2,1-7H3,(H,33,38)(H2,30,31,32)/t20-/m1/s1. The molecule has 3 amide bonds. The highest BCUT2D eigenvalue weighted by molar-refractivity contribution is 6.15. The molecular weight excluding hydrogens is 510 g/mol. The van der Waals surface area contributed by atoms with E-state index in [1.165, 1.54) is 6.33 Å². The molecule has 4 rings (SSSR count). The first-order chi connectivity index (χ1) is 18.8. The number of aromatic nitrogens is 3. The van der Waals surface area contributed by atoms with Gasteiger partial charge in [0.05, 0.1) is 23.4 Å². The summed E-state index contributed by atoms with van der Waals surface area (Å²) in [4.78, 5) is 50.5. The molecule has 2 aromatic heterocycles. The fourth-order valence-electron chi connectivity index (χ4n) is 4.95. The Balaban J connectivity index is 1.63. The second kappa shape index (κ2) is 11.1. The molecule has 0 saturated carbocycles. The van der Waals surface area contributed by atoms with Crippen LogP contribution in [0.2, 0.25) is 0 Å². The number of amides is 3. The van der Waals surface area contributed by atoms with Crippen LogP contribution in [-0.4, -0.2) is 75.0 Å². The van der Waals surface area contributed by atoms with Crippen LogP contribution in [0.25, 0.3) is 11.0 Å². The fraction of sp³-hybridized carbons (Fsp3) is 0.483. The van der Waals surface area contributed by atoms with Gasteiger partial charge < -0.3 is 30.2 Å². The molecule has 11 nitrogen and oxygen atoms in total. The zero-order valence-corrected chi connectivity index (χ0v) is 24.4. The van der Waals surface area contributed by atoms with Crippen LogP contribution in [-0.2, 0) is 16.0 Å². The van der Waals surface area contributed by atoms with Gasteiger partial charge in [-0.05, 0) is 70.2 Å². The summed E-state index contributed by atoms with van der Waals surface area (Å²) in [5, 5.41) is 3.49. The van der Waals surface area contributed by atoms with Crippen molar-refractivity contribution < 1.29 is 19.1 Å². The maximum atomic E-state index is 13.6. The Kier molecular flexibility index (Phi) is 8.04. The van der Waals surface area contributed by atoms with E-state index in [4.69, 9.17) is 10.5 Å². The summed E-state index contributed by atoms with van der Waals surface area (Å²) < 4.78 is 7.51. The number of piperidine rings is 1. The Morgan fingerprint density at radius 2 is 1.88 bits per heavy atom. The van der Waals surface area contributed by atoms with Gasteiger partial charge >= 0.3 is 6.09 Å². The Hall–Kier alpha value is -4.15. The zero-order valence-electron chi connectivity index (χ0n) is 24.4. The number of hydrogen-bond donors (Lipinski definition) is 2. The summed E-state index contributed by atoms with van der Waals surface area (Å²) in [6.45, 7) is 10.4. The molecule has 214 valence electrons. The van der Waals surface area contributed by atoms with Crippen molar-refractivity contribution in [1.29, 1.82) is 0 Å². The third kappa shape index (κ3) is 6.03. The quantitative estimate of drug-likeness (QED) is 0.489. The molecule has 11 heteroatoms. The lowest BCUT2D eigenvalue weighted by Crippen LogP contribution is -2.43. The summed E-state index contributed by atoms with van der Waals surface area (Å²) in [5.74, 6) is -0.126. The number of anilines is 2. The molecule has 1 aromatic carbocycles. The van der Waals surface area contributed by atoms with E-state index in [2.05, 4.69) is 15.3 Å². The summed E-state index contributed by atoms with van der Waals surface area (Å²) in [7, 11) is 3.46. The van der Waals surface area contributed by atoms with Gasteiger partial charge in [-0.15, -0.1) is 0 Å². The summed E-state index contributed by atoms with van der Waals surface area (Å²) in [6, 6.07) is 3.57. The molecule has 40 heavy (non-hydrogen) atoms. The van der Waals surface area contributed by atoms with Gasteiger partial charge in [-0.1, -0.05) is 6.07 Å². The van der Waals surface area contributed by atoms with E-state index in [1.807, 2.05) is 51.3 Å². The number of fused-ring (bicyclic) bond motifs is 1. The molecule has 1 saturated heterocycles. The first-order valence-electron chi connectivity index (χ1n) is 13.5. The molecule has 3 aromatic rings. The van der Waals surface area contributed by atoms with Gasteiger partial charge in [0.2, 0.25) is 5.91 Å². The van der Waals surface area contributed by atoms with E-state index < -0.39 is 5.60 Å². The van der Waals surface area contributed by atoms with Crippen LogP contribution in [0.15, 0.2) is 24.7 Å². The second-order valence-electron chi connectivity index (χ2n) is 11.6. The third-order valence-electron chi connectivity index (χ3n) is 7.31. The lowest BCUT2D eigenvalue weighted by Gasteiger charge is -2.34. The number of benzene rings is 1. The van der Waals surface area contributed by atoms with Crippen molar-refractivity contribution >= 4 is 40.4 Å². The molecule has 1 fully saturated rings. The molecule has 3 heterocycles. The fourth-order valence-corrected chi connectivity index (χ4v) is 4.95. The monoisotopic (exact) mass is 549 g/mol. The maximum absolute atomic E-state index is 13.6. The molecule has 0 aliphatic carbocycles. The topological polar surface area (TPSA) is 136 Å². The van der Waals surface area contributed by atoms with Crippen molar-refractivity contribution in [2.75, 3.05) is 38.2 Å². The number of hydrogen-bond acceptors (Lipinski definition) is 7. The number of carbonyl (C=O) groups excluding carboxylic acids is 3. The van der Waals surface area contributed by atoms with Crippen LogP contribution in [0.5, 0.6) is 0 Å². The predicted octanol–water partition coefficient (Wildman–Crippen LogP) is 4.09. The SMILES string of the molecule is Cc1c(CC(=O)N(C)C)ccc(NC(=O)c2cn([C@@H]3CCCN(C(=O)OC(C)(C)C)C3)c3ncnc(N)c23)c1C. The van der Waals surface area contributed by atoms with Gasteiger partial charge in [-0.3, -0.25) is 9.59 Å². The molecule has 1 aliphatic rings. The average Bonchev–Trinajstić information content (AvgIpc) is 3.28. The van der Waals surface area contributed by atoms with Crippen molar-refractivity contribution in [2.45, 2.75) is 65.5 Å². The van der Waals surface area contributed by atoms with Crippen molar-refractivity contribution in [3.8, 4) is 0 Å². The minimum absolute atomic E-state index is 0.00974. The second-order valence-corrected chi connectivity index (χ2v) is 11.6. The molecule has 1 aliphatic heterocycles. The number of likely N-dealkylation sites (tertiary alicyclic amines) is 1. The molecule has 0 bridgehead atoms. The predicted molar refractivity (Wildman–Crippen MR) is 154 cm³/mol. The Labute approximate surface area is 234 Å². The van der Waals surface area contributed by atoms with Crippen molar-refractivity contribution in [1.82, 2.24) is 24.3 Å². The van der Waals surface area contributed by atoms with Gasteiger partial charge in [0.15, 0.2) is 0 Å². The number of ether oxygens (including phenoxy) is 1. The molecule has 0 unspecified atom stereocenters. The molecular formula is C29H39N7O4. The number of nitrogens with zero attached hydrogens (tertiary/aromatic N) is 5. The third-order valence-corrected chi connectivity index (χ3v) is 7.31. The van der Waals surface area contributed by atoms with Gasteiger partial charge in [0, 0.05) is 39.1 Å². The van der Waals surface area contributed by atoms with Crippen LogP contribution in [0, 0.1) is 13.8 Å². The van der Waals surface area contributed by atoms with Crippen LogP contribution < -0.4 is 11.1 Å². The Morgan fingerprint density at radius 3 is 2.55 bits per heavy atom. The summed E-state index contributed by atoms with van der Waals surface area (Å²) in [6.07, 6.45) is 4.65. The normalized spacial score (nSPS) is 15.7. The first kappa shape index (κ1) is 28.8. The van der Waals surface area contributed by atoms with Crippen LogP contribution in [0.3, 0.4) is 0 Å². The Morgan fingerprint density at radius 1 is 1.15 bits per heavy atom. The number of nitrogen functional groups attached to an aromatic ring is 1. The number of carbonyl (C=O) groups is 3. The minimum atomic E-state index is -0.590. The molecule has 1 atom stereocenters. The smallest absolute Gasteiger partial charge is 0.410 e. The highest BCUT2D eigenvalue weighted by atomic mass is 16.6.